The van der Waals surface area contributed by atoms with Crippen LogP contribution >= 0.6 is 0 Å². The molecule has 0 amide bonds. The fourth-order valence-electron chi connectivity index (χ4n) is 1.76. The van der Waals surface area contributed by atoms with Crippen molar-refractivity contribution in [1.82, 2.24) is 4.98 Å². The Morgan fingerprint density at radius 2 is 1.95 bits per heavy atom. The van der Waals surface area contributed by atoms with Crippen LogP contribution in [0.5, 0.6) is 11.5 Å². The molecule has 6 heteroatoms. The van der Waals surface area contributed by atoms with Gasteiger partial charge in [-0.1, -0.05) is 6.92 Å². The van der Waals surface area contributed by atoms with Crippen molar-refractivity contribution in [3.8, 4) is 11.5 Å². The average Bonchev–Trinajstić information content (AvgIpc) is 2.52. The second-order valence-corrected chi connectivity index (χ2v) is 4.65. The lowest BCUT2D eigenvalue weighted by Crippen LogP contribution is -2.11. The van der Waals surface area contributed by atoms with Crippen LogP contribution in [-0.4, -0.2) is 22.7 Å². The third kappa shape index (κ3) is 4.12. The number of nitrogens with one attached hydrogen (secondary N) is 1. The van der Waals surface area contributed by atoms with E-state index in [0.717, 1.165) is 6.42 Å². The number of carboxylic acid groups (broad SMARTS) is 1. The lowest BCUT2D eigenvalue weighted by molar-refractivity contribution is 0.0697. The molecule has 0 aliphatic heterocycles. The van der Waals surface area contributed by atoms with Crippen LogP contribution in [0.4, 0.5) is 0 Å². The molecule has 0 bridgehead atoms. The third-order valence-corrected chi connectivity index (χ3v) is 2.89. The maximum Gasteiger partial charge on any atom is 0.335 e. The minimum atomic E-state index is -0.987. The van der Waals surface area contributed by atoms with Crippen LogP contribution in [0.2, 0.25) is 0 Å². The number of carbonyl (C=O) groups is 1. The number of aromatic nitrogens is 1. The van der Waals surface area contributed by atoms with Crippen LogP contribution in [0.25, 0.3) is 0 Å². The Balaban J connectivity index is 1.98. The van der Waals surface area contributed by atoms with Gasteiger partial charge in [-0.2, -0.15) is 0 Å². The van der Waals surface area contributed by atoms with E-state index in [2.05, 4.69) is 4.98 Å². The first-order valence-electron chi connectivity index (χ1n) is 6.90. The van der Waals surface area contributed by atoms with Crippen molar-refractivity contribution < 1.29 is 19.4 Å². The summed E-state index contributed by atoms with van der Waals surface area (Å²) >= 11 is 0. The van der Waals surface area contributed by atoms with Gasteiger partial charge in [-0.25, -0.2) is 4.79 Å². The van der Waals surface area contributed by atoms with Gasteiger partial charge in [0.15, 0.2) is 5.75 Å². The first-order valence-corrected chi connectivity index (χ1v) is 6.90. The zero-order chi connectivity index (χ0) is 15.9. The summed E-state index contributed by atoms with van der Waals surface area (Å²) in [5.41, 5.74) is 0.598. The van der Waals surface area contributed by atoms with Crippen molar-refractivity contribution >= 4 is 5.97 Å². The summed E-state index contributed by atoms with van der Waals surface area (Å²) in [6.45, 7) is 2.64. The lowest BCUT2D eigenvalue weighted by Gasteiger charge is -2.08. The molecule has 1 heterocycles. The Morgan fingerprint density at radius 3 is 2.55 bits per heavy atom. The van der Waals surface area contributed by atoms with E-state index in [1.165, 1.54) is 24.4 Å². The summed E-state index contributed by atoms with van der Waals surface area (Å²) in [6.07, 6.45) is 2.35. The molecule has 0 fully saturated rings. The van der Waals surface area contributed by atoms with Gasteiger partial charge in [0.25, 0.3) is 0 Å². The third-order valence-electron chi connectivity index (χ3n) is 2.89. The van der Waals surface area contributed by atoms with Crippen LogP contribution in [0.3, 0.4) is 0 Å². The van der Waals surface area contributed by atoms with E-state index in [1.54, 1.807) is 12.1 Å². The highest BCUT2D eigenvalue weighted by atomic mass is 16.5. The standard InChI is InChI=1S/C16H17NO5/c1-2-7-21-15-9-17-12(8-14(15)18)10-22-13-5-3-11(4-6-13)16(19)20/h3-6,8-9H,2,7,10H2,1H3,(H,17,18)(H,19,20). The number of carboxylic acids is 1. The maximum absolute atomic E-state index is 11.8. The number of hydrogen-bond donors (Lipinski definition) is 2. The number of rotatable bonds is 7. The summed E-state index contributed by atoms with van der Waals surface area (Å²) in [7, 11) is 0. The molecule has 2 rings (SSSR count). The summed E-state index contributed by atoms with van der Waals surface area (Å²) in [5, 5.41) is 8.81. The number of hydrogen-bond acceptors (Lipinski definition) is 4. The van der Waals surface area contributed by atoms with Crippen molar-refractivity contribution in [3.05, 3.63) is 58.0 Å². The van der Waals surface area contributed by atoms with Crippen LogP contribution in [0, 0.1) is 0 Å². The van der Waals surface area contributed by atoms with Crippen LogP contribution < -0.4 is 14.9 Å². The molecule has 0 radical (unpaired) electrons. The molecular weight excluding hydrogens is 286 g/mol. The fraction of sp³-hybridized carbons (Fsp3) is 0.250. The van der Waals surface area contributed by atoms with Crippen LogP contribution in [0.1, 0.15) is 29.4 Å². The topological polar surface area (TPSA) is 88.6 Å². The molecular formula is C16H17NO5. The van der Waals surface area contributed by atoms with Crippen molar-refractivity contribution in [2.75, 3.05) is 6.61 Å². The molecule has 0 saturated carbocycles. The first-order chi connectivity index (χ1) is 10.6. The molecule has 1 aromatic carbocycles. The number of pyridine rings is 1. The van der Waals surface area contributed by atoms with Gasteiger partial charge in [-0.15, -0.1) is 0 Å². The van der Waals surface area contributed by atoms with Crippen molar-refractivity contribution in [1.29, 1.82) is 0 Å². The molecule has 0 aliphatic rings. The number of aromatic carboxylic acids is 1. The van der Waals surface area contributed by atoms with E-state index in [1.807, 2.05) is 6.92 Å². The molecule has 1 aromatic heterocycles. The van der Waals surface area contributed by atoms with Gasteiger partial charge in [-0.05, 0) is 30.7 Å². The van der Waals surface area contributed by atoms with Gasteiger partial charge in [0.1, 0.15) is 12.4 Å². The molecule has 0 saturated heterocycles. The Kier molecular flexibility index (Phi) is 5.19. The van der Waals surface area contributed by atoms with E-state index in [0.29, 0.717) is 18.1 Å². The molecule has 116 valence electrons. The Hall–Kier alpha value is -2.76. The Morgan fingerprint density at radius 1 is 1.23 bits per heavy atom. The van der Waals surface area contributed by atoms with E-state index < -0.39 is 5.97 Å². The number of benzene rings is 1. The molecule has 2 aromatic rings. The quantitative estimate of drug-likeness (QED) is 0.820. The van der Waals surface area contributed by atoms with Gasteiger partial charge in [0, 0.05) is 12.3 Å². The number of H-pyrrole nitrogens is 1. The molecule has 0 atom stereocenters. The zero-order valence-electron chi connectivity index (χ0n) is 12.2. The molecule has 2 N–H and O–H groups in total. The summed E-state index contributed by atoms with van der Waals surface area (Å²) in [6, 6.07) is 7.49. The second kappa shape index (κ2) is 7.31. The normalized spacial score (nSPS) is 10.2. The molecule has 22 heavy (non-hydrogen) atoms. The largest absolute Gasteiger partial charge is 0.488 e. The van der Waals surface area contributed by atoms with Gasteiger partial charge >= 0.3 is 5.97 Å². The SMILES string of the molecule is CCCOc1c[nH]c(COc2ccc(C(=O)O)cc2)cc1=O. The van der Waals surface area contributed by atoms with Crippen molar-refractivity contribution in [3.63, 3.8) is 0 Å². The van der Waals surface area contributed by atoms with E-state index in [4.69, 9.17) is 14.6 Å². The number of aromatic amines is 1. The van der Waals surface area contributed by atoms with Gasteiger partial charge < -0.3 is 19.6 Å². The predicted octanol–water partition coefficient (Wildman–Crippen LogP) is 2.44. The fourth-order valence-corrected chi connectivity index (χ4v) is 1.76. The van der Waals surface area contributed by atoms with Gasteiger partial charge in [0.2, 0.25) is 5.43 Å². The minimum Gasteiger partial charge on any atom is -0.488 e. The molecule has 0 spiro atoms. The first kappa shape index (κ1) is 15.6. The molecule has 0 aliphatic carbocycles. The van der Waals surface area contributed by atoms with E-state index >= 15 is 0 Å². The van der Waals surface area contributed by atoms with Gasteiger partial charge in [-0.3, -0.25) is 4.79 Å². The second-order valence-electron chi connectivity index (χ2n) is 4.65. The lowest BCUT2D eigenvalue weighted by atomic mass is 10.2. The summed E-state index contributed by atoms with van der Waals surface area (Å²) in [5.74, 6) is -0.174. The molecule has 6 nitrogen and oxygen atoms in total. The average molecular weight is 303 g/mol. The van der Waals surface area contributed by atoms with Crippen LogP contribution in [0.15, 0.2) is 41.3 Å². The minimum absolute atomic E-state index is 0.176. The van der Waals surface area contributed by atoms with Crippen LogP contribution in [-0.2, 0) is 6.61 Å². The van der Waals surface area contributed by atoms with E-state index in [-0.39, 0.29) is 23.3 Å². The monoisotopic (exact) mass is 303 g/mol. The predicted molar refractivity (Wildman–Crippen MR) is 80.6 cm³/mol. The maximum atomic E-state index is 11.8. The Bertz CT molecular complexity index is 690. The highest BCUT2D eigenvalue weighted by Crippen LogP contribution is 2.14. The summed E-state index contributed by atoms with van der Waals surface area (Å²) < 4.78 is 10.8. The van der Waals surface area contributed by atoms with Crippen molar-refractivity contribution in [2.24, 2.45) is 0 Å². The summed E-state index contributed by atoms with van der Waals surface area (Å²) in [4.78, 5) is 25.5. The number of ether oxygens (including phenoxy) is 2. The highest BCUT2D eigenvalue weighted by molar-refractivity contribution is 5.87. The van der Waals surface area contributed by atoms with Gasteiger partial charge in [0.05, 0.1) is 17.9 Å². The Labute approximate surface area is 127 Å². The smallest absolute Gasteiger partial charge is 0.335 e. The highest BCUT2D eigenvalue weighted by Gasteiger charge is 2.05. The zero-order valence-corrected chi connectivity index (χ0v) is 12.2. The van der Waals surface area contributed by atoms with Crippen molar-refractivity contribution in [2.45, 2.75) is 20.0 Å². The molecule has 0 unspecified atom stereocenters. The van der Waals surface area contributed by atoms with E-state index in [9.17, 15) is 9.59 Å².